The summed E-state index contributed by atoms with van der Waals surface area (Å²) in [7, 11) is 0. The fourth-order valence-corrected chi connectivity index (χ4v) is 8.77. The highest BCUT2D eigenvalue weighted by atomic mass is 16.5. The lowest BCUT2D eigenvalue weighted by atomic mass is 9.47. The fourth-order valence-electron chi connectivity index (χ4n) is 8.77. The molecule has 174 valence electrons. The van der Waals surface area contributed by atoms with Crippen molar-refractivity contribution in [3.05, 3.63) is 23.3 Å². The molecule has 2 nitrogen and oxygen atoms in total. The molecule has 0 aromatic carbocycles. The molecule has 0 aromatic rings. The minimum absolute atomic E-state index is 0.111. The van der Waals surface area contributed by atoms with Crippen LogP contribution in [0.15, 0.2) is 23.3 Å². The Kier molecular flexibility index (Phi) is 6.50. The van der Waals surface area contributed by atoms with Crippen molar-refractivity contribution in [1.82, 2.24) is 0 Å². The first kappa shape index (κ1) is 23.1. The standard InChI is InChI=1S/C29H46O2/c1-19(2)8-7-9-20(3)25-12-13-26-24-11-10-22-18-23(31-21(4)30)14-16-28(22,5)27(24)15-17-29(25,26)6/h8,10,20,23-27H,7,9,11-18H2,1-6H3/t20-,23+,24-,25-,26-,27-,28+,29-/m1/s1. The van der Waals surface area contributed by atoms with Gasteiger partial charge >= 0.3 is 5.97 Å². The molecule has 0 unspecified atom stereocenters. The van der Waals surface area contributed by atoms with Gasteiger partial charge in [0.15, 0.2) is 0 Å². The van der Waals surface area contributed by atoms with Crippen LogP contribution < -0.4 is 0 Å². The van der Waals surface area contributed by atoms with Crippen molar-refractivity contribution in [2.75, 3.05) is 0 Å². The van der Waals surface area contributed by atoms with Gasteiger partial charge in [-0.3, -0.25) is 4.79 Å². The molecule has 2 heteroatoms. The Labute approximate surface area is 191 Å². The maximum atomic E-state index is 11.5. The Balaban J connectivity index is 1.48. The van der Waals surface area contributed by atoms with E-state index in [2.05, 4.69) is 46.8 Å². The van der Waals surface area contributed by atoms with Crippen LogP contribution in [-0.4, -0.2) is 12.1 Å². The Morgan fingerprint density at radius 2 is 1.90 bits per heavy atom. The van der Waals surface area contributed by atoms with Crippen molar-refractivity contribution in [3.8, 4) is 0 Å². The number of carbonyl (C=O) groups is 1. The molecule has 0 spiro atoms. The molecule has 0 aliphatic heterocycles. The van der Waals surface area contributed by atoms with Crippen molar-refractivity contribution < 1.29 is 9.53 Å². The molecule has 31 heavy (non-hydrogen) atoms. The SMILES string of the molecule is CC(=O)O[C@H]1CC[C@@]2(C)C(=CC[C@@H]3[C@H]4CC[C@H]([C@H](C)CCC=C(C)C)[C@@]4(C)CC[C@H]32)C1. The normalized spacial score (nSPS) is 42.5. The van der Waals surface area contributed by atoms with Gasteiger partial charge in [-0.2, -0.15) is 0 Å². The monoisotopic (exact) mass is 426 g/mol. The Morgan fingerprint density at radius 3 is 2.61 bits per heavy atom. The number of carbonyl (C=O) groups excluding carboxylic acids is 1. The molecule has 0 saturated heterocycles. The van der Waals surface area contributed by atoms with Gasteiger partial charge in [-0.1, -0.05) is 44.1 Å². The van der Waals surface area contributed by atoms with Crippen LogP contribution >= 0.6 is 0 Å². The van der Waals surface area contributed by atoms with Crippen molar-refractivity contribution >= 4 is 5.97 Å². The van der Waals surface area contributed by atoms with E-state index in [0.29, 0.717) is 10.8 Å². The molecular formula is C29H46O2. The average molecular weight is 427 g/mol. The van der Waals surface area contributed by atoms with Gasteiger partial charge in [-0.25, -0.2) is 0 Å². The van der Waals surface area contributed by atoms with Crippen LogP contribution in [-0.2, 0) is 9.53 Å². The van der Waals surface area contributed by atoms with E-state index >= 15 is 0 Å². The van der Waals surface area contributed by atoms with Crippen molar-refractivity contribution in [2.24, 2.45) is 40.4 Å². The number of rotatable bonds is 5. The van der Waals surface area contributed by atoms with Gasteiger partial charge in [0.2, 0.25) is 0 Å². The van der Waals surface area contributed by atoms with Crippen LogP contribution in [0.2, 0.25) is 0 Å². The zero-order valence-electron chi connectivity index (χ0n) is 21.0. The predicted octanol–water partition coefficient (Wildman–Crippen LogP) is 7.88. The molecule has 0 amide bonds. The second-order valence-electron chi connectivity index (χ2n) is 12.3. The van der Waals surface area contributed by atoms with Crippen molar-refractivity contribution in [3.63, 3.8) is 0 Å². The quantitative estimate of drug-likeness (QED) is 0.330. The summed E-state index contributed by atoms with van der Waals surface area (Å²) in [5.41, 5.74) is 3.96. The second kappa shape index (κ2) is 8.71. The van der Waals surface area contributed by atoms with Gasteiger partial charge < -0.3 is 4.74 Å². The highest BCUT2D eigenvalue weighted by Crippen LogP contribution is 2.67. The molecule has 0 bridgehead atoms. The summed E-state index contributed by atoms with van der Waals surface area (Å²) in [6.07, 6.45) is 17.9. The lowest BCUT2D eigenvalue weighted by molar-refractivity contribution is -0.148. The molecule has 0 heterocycles. The molecule has 0 radical (unpaired) electrons. The smallest absolute Gasteiger partial charge is 0.302 e. The van der Waals surface area contributed by atoms with E-state index in [-0.39, 0.29) is 12.1 Å². The first-order chi connectivity index (χ1) is 14.6. The summed E-state index contributed by atoms with van der Waals surface area (Å²) in [5.74, 6) is 4.24. The third-order valence-corrected chi connectivity index (χ3v) is 10.3. The van der Waals surface area contributed by atoms with E-state index in [1.807, 2.05) is 0 Å². The van der Waals surface area contributed by atoms with Crippen LogP contribution in [0, 0.1) is 40.4 Å². The van der Waals surface area contributed by atoms with Gasteiger partial charge in [0.1, 0.15) is 6.10 Å². The van der Waals surface area contributed by atoms with E-state index < -0.39 is 0 Å². The molecule has 0 aromatic heterocycles. The number of hydrogen-bond donors (Lipinski definition) is 0. The van der Waals surface area contributed by atoms with Crippen LogP contribution in [0.25, 0.3) is 0 Å². The summed E-state index contributed by atoms with van der Waals surface area (Å²) in [5, 5.41) is 0. The third-order valence-electron chi connectivity index (χ3n) is 10.3. The van der Waals surface area contributed by atoms with Gasteiger partial charge in [0, 0.05) is 13.3 Å². The molecule has 4 aliphatic carbocycles. The topological polar surface area (TPSA) is 26.3 Å². The lowest BCUT2D eigenvalue weighted by Gasteiger charge is -2.58. The van der Waals surface area contributed by atoms with E-state index in [0.717, 1.165) is 42.4 Å². The number of esters is 1. The summed E-state index contributed by atoms with van der Waals surface area (Å²) in [6, 6.07) is 0. The van der Waals surface area contributed by atoms with Crippen LogP contribution in [0.1, 0.15) is 106 Å². The number of allylic oxidation sites excluding steroid dienone is 3. The van der Waals surface area contributed by atoms with Gasteiger partial charge in [0.25, 0.3) is 0 Å². The zero-order valence-corrected chi connectivity index (χ0v) is 21.0. The van der Waals surface area contributed by atoms with Crippen LogP contribution in [0.5, 0.6) is 0 Å². The van der Waals surface area contributed by atoms with E-state index in [9.17, 15) is 4.79 Å². The van der Waals surface area contributed by atoms with E-state index in [1.54, 1.807) is 12.5 Å². The second-order valence-corrected chi connectivity index (χ2v) is 12.3. The number of hydrogen-bond acceptors (Lipinski definition) is 2. The average Bonchev–Trinajstić information content (AvgIpc) is 3.05. The molecule has 0 N–H and O–H groups in total. The summed E-state index contributed by atoms with van der Waals surface area (Å²) in [4.78, 5) is 11.5. The molecular weight excluding hydrogens is 380 g/mol. The van der Waals surface area contributed by atoms with E-state index in [1.165, 1.54) is 56.9 Å². The minimum atomic E-state index is -0.118. The maximum Gasteiger partial charge on any atom is 0.302 e. The van der Waals surface area contributed by atoms with Crippen molar-refractivity contribution in [2.45, 2.75) is 112 Å². The summed E-state index contributed by atoms with van der Waals surface area (Å²) in [6.45, 7) is 13.8. The van der Waals surface area contributed by atoms with Gasteiger partial charge in [-0.15, -0.1) is 0 Å². The largest absolute Gasteiger partial charge is 0.462 e. The predicted molar refractivity (Wildman–Crippen MR) is 129 cm³/mol. The van der Waals surface area contributed by atoms with Crippen LogP contribution in [0.4, 0.5) is 0 Å². The fraction of sp³-hybridized carbons (Fsp3) is 0.828. The molecule has 3 saturated carbocycles. The number of fused-ring (bicyclic) bond motifs is 5. The number of ether oxygens (including phenoxy) is 1. The molecule has 4 rings (SSSR count). The highest BCUT2D eigenvalue weighted by Gasteiger charge is 2.59. The molecule has 4 aliphatic rings. The Hall–Kier alpha value is -1.05. The zero-order chi connectivity index (χ0) is 22.4. The molecule has 3 fully saturated rings. The minimum Gasteiger partial charge on any atom is -0.462 e. The highest BCUT2D eigenvalue weighted by molar-refractivity contribution is 5.66. The third kappa shape index (κ3) is 4.18. The van der Waals surface area contributed by atoms with Crippen LogP contribution in [0.3, 0.4) is 0 Å². The van der Waals surface area contributed by atoms with Gasteiger partial charge in [-0.05, 0) is 112 Å². The molecule has 8 atom stereocenters. The van der Waals surface area contributed by atoms with E-state index in [4.69, 9.17) is 4.74 Å². The summed E-state index contributed by atoms with van der Waals surface area (Å²) >= 11 is 0. The van der Waals surface area contributed by atoms with Gasteiger partial charge in [0.05, 0.1) is 0 Å². The van der Waals surface area contributed by atoms with Crippen molar-refractivity contribution in [1.29, 1.82) is 0 Å². The first-order valence-electron chi connectivity index (χ1n) is 13.1. The lowest BCUT2D eigenvalue weighted by Crippen LogP contribution is -2.51. The maximum absolute atomic E-state index is 11.5. The first-order valence-corrected chi connectivity index (χ1v) is 13.1. The Bertz CT molecular complexity index is 744. The Morgan fingerprint density at radius 1 is 1.13 bits per heavy atom. The summed E-state index contributed by atoms with van der Waals surface area (Å²) < 4.78 is 5.61.